The number of Topliss-reactive ketones (excluding diaryl/α,β-unsaturated/α-hetero) is 2. The van der Waals surface area contributed by atoms with E-state index in [0.717, 1.165) is 4.90 Å². The van der Waals surface area contributed by atoms with E-state index in [0.29, 0.717) is 0 Å². The number of allylic oxidation sites excluding steroid dienone is 2. The molecule has 1 heterocycles. The molecule has 3 aromatic rings. The quantitative estimate of drug-likeness (QED) is 0.116. The van der Waals surface area contributed by atoms with E-state index in [4.69, 9.17) is 5.73 Å². The molecule has 0 bridgehead atoms. The highest BCUT2D eigenvalue weighted by atomic mass is 16.6. The minimum Gasteiger partial charge on any atom is -0.511 e. The lowest BCUT2D eigenvalue weighted by Gasteiger charge is -2.45. The number of amides is 3. The number of imide groups is 1. The number of hydrogen-bond acceptors (Lipinski definition) is 11. The van der Waals surface area contributed by atoms with Crippen LogP contribution in [0.2, 0.25) is 0 Å². The Balaban J connectivity index is 1.41. The third-order valence-electron chi connectivity index (χ3n) is 9.72. The molecule has 0 aromatic heterocycles. The molecule has 7 rings (SSSR count). The summed E-state index contributed by atoms with van der Waals surface area (Å²) in [6.45, 7) is -0.494. The number of carbonyl (C=O) groups is 5. The van der Waals surface area contributed by atoms with Crippen molar-refractivity contribution < 1.29 is 49.3 Å². The highest BCUT2D eigenvalue weighted by molar-refractivity contribution is 6.25. The van der Waals surface area contributed by atoms with Gasteiger partial charge < -0.3 is 26.2 Å². The monoisotopic (exact) mass is 651 g/mol. The second-order valence-electron chi connectivity index (χ2n) is 12.2. The van der Waals surface area contributed by atoms with E-state index in [1.165, 1.54) is 36.4 Å². The number of nitro benzene ring substituents is 1. The summed E-state index contributed by atoms with van der Waals surface area (Å²) in [6, 6.07) is 13.1. The summed E-state index contributed by atoms with van der Waals surface area (Å²) in [6.07, 6.45) is -0.584. The fraction of sp³-hybridized carbons (Fsp3) is 0.206. The maximum absolute atomic E-state index is 14.3. The minimum absolute atomic E-state index is 0.0622. The van der Waals surface area contributed by atoms with Gasteiger partial charge >= 0.3 is 0 Å². The highest BCUT2D eigenvalue weighted by Crippen LogP contribution is 2.53. The molecule has 0 spiro atoms. The average molecular weight is 652 g/mol. The number of fused-ring (bicyclic) bond motifs is 4. The zero-order valence-electron chi connectivity index (χ0n) is 24.8. The number of hydrogen-bond donors (Lipinski definition) is 5. The Labute approximate surface area is 270 Å². The second-order valence-corrected chi connectivity index (χ2v) is 12.2. The fourth-order valence-corrected chi connectivity index (χ4v) is 7.46. The predicted molar refractivity (Wildman–Crippen MR) is 164 cm³/mol. The van der Waals surface area contributed by atoms with Gasteiger partial charge in [0.05, 0.1) is 28.2 Å². The minimum atomic E-state index is -2.77. The molecule has 0 fully saturated rings. The Morgan fingerprint density at radius 3 is 2.25 bits per heavy atom. The summed E-state index contributed by atoms with van der Waals surface area (Å²) in [4.78, 5) is 78.0. The van der Waals surface area contributed by atoms with Gasteiger partial charge in [-0.25, -0.2) is 0 Å². The van der Waals surface area contributed by atoms with Crippen molar-refractivity contribution in [2.75, 3.05) is 0 Å². The number of aliphatic hydroxyl groups is 3. The van der Waals surface area contributed by atoms with Gasteiger partial charge in [0.1, 0.15) is 22.8 Å². The Hall–Kier alpha value is -6.15. The van der Waals surface area contributed by atoms with Crippen molar-refractivity contribution in [3.63, 3.8) is 0 Å². The summed E-state index contributed by atoms with van der Waals surface area (Å²) in [7, 11) is 0. The van der Waals surface area contributed by atoms with Gasteiger partial charge in [-0.15, -0.1) is 0 Å². The Bertz CT molecular complexity index is 2110. The number of aromatic hydroxyl groups is 1. The molecule has 3 aromatic carbocycles. The van der Waals surface area contributed by atoms with Gasteiger partial charge in [0.15, 0.2) is 11.4 Å². The molecule has 48 heavy (non-hydrogen) atoms. The molecule has 0 radical (unpaired) electrons. The molecule has 1 aliphatic heterocycles. The Kier molecular flexibility index (Phi) is 6.63. The number of benzene rings is 3. The van der Waals surface area contributed by atoms with Gasteiger partial charge in [-0.1, -0.05) is 24.3 Å². The highest BCUT2D eigenvalue weighted by Gasteiger charge is 2.59. The maximum Gasteiger partial charge on any atom is 0.270 e. The maximum atomic E-state index is 14.3. The van der Waals surface area contributed by atoms with E-state index in [-0.39, 0.29) is 57.5 Å². The number of aliphatic hydroxyl groups excluding tert-OH is 2. The van der Waals surface area contributed by atoms with Crippen molar-refractivity contribution in [1.82, 2.24) is 4.90 Å². The van der Waals surface area contributed by atoms with Gasteiger partial charge in [-0.3, -0.25) is 39.0 Å². The summed E-state index contributed by atoms with van der Waals surface area (Å²) in [5, 5.41) is 56.7. The molecule has 3 amide bonds. The molecule has 6 N–H and O–H groups in total. The number of nitrogens with zero attached hydrogens (tertiary/aromatic N) is 2. The van der Waals surface area contributed by atoms with E-state index < -0.39 is 93.0 Å². The number of ketones is 2. The summed E-state index contributed by atoms with van der Waals surface area (Å²) in [5.74, 6) is -9.32. The van der Waals surface area contributed by atoms with Crippen LogP contribution in [-0.2, 0) is 22.6 Å². The second kappa shape index (κ2) is 10.4. The third-order valence-corrected chi connectivity index (χ3v) is 9.72. The number of non-ortho nitro benzene ring substituents is 1. The molecule has 0 saturated heterocycles. The molecular weight excluding hydrogens is 626 g/mol. The van der Waals surface area contributed by atoms with Gasteiger partial charge in [-0.05, 0) is 53.6 Å². The lowest BCUT2D eigenvalue weighted by atomic mass is 9.60. The lowest BCUT2D eigenvalue weighted by molar-refractivity contribution is -0.384. The van der Waals surface area contributed by atoms with Crippen LogP contribution < -0.4 is 5.73 Å². The van der Waals surface area contributed by atoms with Crippen molar-refractivity contribution in [3.05, 3.63) is 115 Å². The molecule has 242 valence electrons. The van der Waals surface area contributed by atoms with E-state index >= 15 is 0 Å². The number of nitro groups is 1. The Morgan fingerprint density at radius 2 is 1.62 bits per heavy atom. The van der Waals surface area contributed by atoms with Crippen LogP contribution >= 0.6 is 0 Å². The molecule has 3 atom stereocenters. The Morgan fingerprint density at radius 1 is 0.958 bits per heavy atom. The van der Waals surface area contributed by atoms with Gasteiger partial charge in [-0.2, -0.15) is 0 Å². The number of nitrogens with two attached hydrogens (primary N) is 1. The van der Waals surface area contributed by atoms with Crippen LogP contribution in [0, 0.1) is 22.0 Å². The zero-order valence-corrected chi connectivity index (χ0v) is 24.8. The molecule has 14 nitrogen and oxygen atoms in total. The van der Waals surface area contributed by atoms with E-state index in [1.54, 1.807) is 18.2 Å². The van der Waals surface area contributed by atoms with Crippen LogP contribution in [0.1, 0.15) is 55.0 Å². The van der Waals surface area contributed by atoms with Gasteiger partial charge in [0.2, 0.25) is 5.78 Å². The van der Waals surface area contributed by atoms with Crippen LogP contribution in [0.25, 0.3) is 11.1 Å². The van der Waals surface area contributed by atoms with E-state index in [9.17, 15) is 54.5 Å². The standard InChI is InChI=1S/C34H25N3O11/c35-31(43)26-23(38)12-17-8-15-10-22-21(14-4-3-5-18(9-14)37(47)48)11-16(13-36-32(44)19-6-1-2-7-20(19)33(36)45)27(39)25(22)28(40)24(15)29(41)34(17,46)30(26)42/h1-7,9,11,15,17,38-39,41,46H,8,10,12-13H2,(H2,35,43)/t15?,17?,34-/m0/s1. The van der Waals surface area contributed by atoms with Crippen molar-refractivity contribution in [1.29, 1.82) is 0 Å². The molecule has 14 heteroatoms. The van der Waals surface area contributed by atoms with Crippen LogP contribution in [-0.4, -0.2) is 65.1 Å². The number of rotatable bonds is 5. The van der Waals surface area contributed by atoms with Crippen molar-refractivity contribution in [2.45, 2.75) is 31.4 Å². The molecule has 2 unspecified atom stereocenters. The molecular formula is C34H25N3O11. The van der Waals surface area contributed by atoms with E-state index in [2.05, 4.69) is 0 Å². The average Bonchev–Trinajstić information content (AvgIpc) is 3.28. The smallest absolute Gasteiger partial charge is 0.270 e. The molecule has 3 aliphatic carbocycles. The van der Waals surface area contributed by atoms with Crippen molar-refractivity contribution in [3.8, 4) is 16.9 Å². The molecule has 4 aliphatic rings. The van der Waals surface area contributed by atoms with Crippen LogP contribution in [0.15, 0.2) is 77.3 Å². The topological polar surface area (TPSA) is 239 Å². The largest absolute Gasteiger partial charge is 0.511 e. The molecule has 0 saturated carbocycles. The van der Waals surface area contributed by atoms with Crippen LogP contribution in [0.4, 0.5) is 5.69 Å². The summed E-state index contributed by atoms with van der Waals surface area (Å²) >= 11 is 0. The SMILES string of the molecule is NC(=O)C1=C(O)CC2CC3Cc4c(-c5cccc([N+](=O)[O-])c5)cc(CN5C(=O)c6ccccc6C5=O)c(O)c4C(=O)C3=C(O)[C@]2(O)C1=O. The van der Waals surface area contributed by atoms with Crippen molar-refractivity contribution in [2.24, 2.45) is 17.6 Å². The number of primary amides is 1. The van der Waals surface area contributed by atoms with Crippen molar-refractivity contribution >= 4 is 35.0 Å². The van der Waals surface area contributed by atoms with Gasteiger partial charge in [0.25, 0.3) is 23.4 Å². The van der Waals surface area contributed by atoms with Crippen LogP contribution in [0.3, 0.4) is 0 Å². The predicted octanol–water partition coefficient (Wildman–Crippen LogP) is 2.95. The third kappa shape index (κ3) is 4.12. The number of phenols is 1. The summed E-state index contributed by atoms with van der Waals surface area (Å²) < 4.78 is 0. The normalized spacial score (nSPS) is 23.1. The number of phenolic OH excluding ortho intramolecular Hbond substituents is 1. The van der Waals surface area contributed by atoms with Gasteiger partial charge in [0, 0.05) is 35.6 Å². The van der Waals surface area contributed by atoms with E-state index in [1.807, 2.05) is 0 Å². The first kappa shape index (κ1) is 30.5. The number of carbonyl (C=O) groups excluding carboxylic acids is 5. The first-order valence-corrected chi connectivity index (χ1v) is 14.8. The lowest BCUT2D eigenvalue weighted by Crippen LogP contribution is -2.57. The fourth-order valence-electron chi connectivity index (χ4n) is 7.46. The van der Waals surface area contributed by atoms with Crippen LogP contribution in [0.5, 0.6) is 5.75 Å². The summed E-state index contributed by atoms with van der Waals surface area (Å²) in [5.41, 5.74) is 1.56. The first-order chi connectivity index (χ1) is 22.7. The first-order valence-electron chi connectivity index (χ1n) is 14.8. The zero-order chi connectivity index (χ0) is 34.4.